The van der Waals surface area contributed by atoms with Crippen LogP contribution in [0.1, 0.15) is 30.1 Å². The highest BCUT2D eigenvalue weighted by molar-refractivity contribution is 6.34. The zero-order chi connectivity index (χ0) is 14.7. The van der Waals surface area contributed by atoms with Gasteiger partial charge in [0.25, 0.3) is 0 Å². The number of hydrogen-bond acceptors (Lipinski definition) is 2. The number of carbonyl (C=O) groups is 2. The van der Waals surface area contributed by atoms with E-state index < -0.39 is 5.97 Å². The number of likely N-dealkylation sites (tertiary alicyclic amines) is 1. The number of carbonyl (C=O) groups excluding carboxylic acids is 1. The Morgan fingerprint density at radius 2 is 2.25 bits per heavy atom. The molecule has 6 heteroatoms. The fraction of sp³-hybridized carbons (Fsp3) is 0.429. The molecule has 1 atom stereocenters. The van der Waals surface area contributed by atoms with E-state index in [9.17, 15) is 9.59 Å². The molecule has 108 valence electrons. The Morgan fingerprint density at radius 3 is 2.80 bits per heavy atom. The Bertz CT molecular complexity index is 533. The molecular formula is C14H17ClN2O3. The van der Waals surface area contributed by atoms with Crippen LogP contribution in [0.4, 0.5) is 10.5 Å². The van der Waals surface area contributed by atoms with Gasteiger partial charge in [0.15, 0.2) is 0 Å². The molecule has 1 aliphatic heterocycles. The lowest BCUT2D eigenvalue weighted by Gasteiger charge is -2.17. The van der Waals surface area contributed by atoms with Gasteiger partial charge < -0.3 is 15.3 Å². The van der Waals surface area contributed by atoms with Gasteiger partial charge in [0.05, 0.1) is 16.3 Å². The van der Waals surface area contributed by atoms with Gasteiger partial charge in [-0.15, -0.1) is 0 Å². The summed E-state index contributed by atoms with van der Waals surface area (Å²) in [6.45, 7) is 3.62. The number of amides is 2. The SMILES string of the molecule is CCC1CCN(C(=O)Nc2ccc(C(=O)O)cc2Cl)C1. The maximum Gasteiger partial charge on any atom is 0.335 e. The van der Waals surface area contributed by atoms with Gasteiger partial charge >= 0.3 is 12.0 Å². The molecule has 1 aromatic carbocycles. The van der Waals surface area contributed by atoms with Gasteiger partial charge in [0, 0.05) is 13.1 Å². The van der Waals surface area contributed by atoms with Crippen molar-refractivity contribution in [2.24, 2.45) is 5.92 Å². The zero-order valence-corrected chi connectivity index (χ0v) is 12.0. The minimum Gasteiger partial charge on any atom is -0.478 e. The number of aromatic carboxylic acids is 1. The van der Waals surface area contributed by atoms with Crippen LogP contribution in [-0.2, 0) is 0 Å². The molecule has 0 radical (unpaired) electrons. The lowest BCUT2D eigenvalue weighted by molar-refractivity contribution is 0.0697. The van der Waals surface area contributed by atoms with Gasteiger partial charge in [-0.05, 0) is 30.5 Å². The number of rotatable bonds is 3. The number of hydrogen-bond donors (Lipinski definition) is 2. The number of urea groups is 1. The lowest BCUT2D eigenvalue weighted by Crippen LogP contribution is -2.33. The first-order valence-electron chi connectivity index (χ1n) is 6.60. The maximum atomic E-state index is 12.1. The van der Waals surface area contributed by atoms with Gasteiger partial charge in [0.2, 0.25) is 0 Å². The molecule has 1 aliphatic rings. The van der Waals surface area contributed by atoms with E-state index >= 15 is 0 Å². The van der Waals surface area contributed by atoms with Crippen LogP contribution in [-0.4, -0.2) is 35.1 Å². The first-order valence-corrected chi connectivity index (χ1v) is 6.97. The Balaban J connectivity index is 2.03. The molecule has 20 heavy (non-hydrogen) atoms. The van der Waals surface area contributed by atoms with E-state index in [1.165, 1.54) is 18.2 Å². The predicted molar refractivity (Wildman–Crippen MR) is 77.4 cm³/mol. The van der Waals surface area contributed by atoms with E-state index in [-0.39, 0.29) is 16.6 Å². The molecule has 2 rings (SSSR count). The van der Waals surface area contributed by atoms with Crippen LogP contribution in [0.3, 0.4) is 0 Å². The Kier molecular flexibility index (Phi) is 4.49. The number of nitrogens with one attached hydrogen (secondary N) is 1. The molecule has 0 bridgehead atoms. The summed E-state index contributed by atoms with van der Waals surface area (Å²) in [5.74, 6) is -0.485. The zero-order valence-electron chi connectivity index (χ0n) is 11.2. The standard InChI is InChI=1S/C14H17ClN2O3/c1-2-9-5-6-17(8-9)14(20)16-12-4-3-10(13(18)19)7-11(12)15/h3-4,7,9H,2,5-6,8H2,1H3,(H,16,20)(H,18,19). The van der Waals surface area contributed by atoms with Crippen LogP contribution in [0.2, 0.25) is 5.02 Å². The molecule has 0 aromatic heterocycles. The molecule has 0 aliphatic carbocycles. The van der Waals surface area contributed by atoms with Crippen LogP contribution in [0, 0.1) is 5.92 Å². The van der Waals surface area contributed by atoms with Crippen molar-refractivity contribution in [1.29, 1.82) is 0 Å². The third-order valence-electron chi connectivity index (χ3n) is 3.61. The highest BCUT2D eigenvalue weighted by atomic mass is 35.5. The summed E-state index contributed by atoms with van der Waals surface area (Å²) in [4.78, 5) is 24.7. The van der Waals surface area contributed by atoms with Crippen molar-refractivity contribution in [2.45, 2.75) is 19.8 Å². The summed E-state index contributed by atoms with van der Waals surface area (Å²) in [6.07, 6.45) is 2.09. The number of anilines is 1. The summed E-state index contributed by atoms with van der Waals surface area (Å²) >= 11 is 5.98. The van der Waals surface area contributed by atoms with Crippen LogP contribution in [0.5, 0.6) is 0 Å². The first-order chi connectivity index (χ1) is 9.51. The van der Waals surface area contributed by atoms with Crippen molar-refractivity contribution in [3.8, 4) is 0 Å². The molecule has 2 N–H and O–H groups in total. The fourth-order valence-electron chi connectivity index (χ4n) is 2.29. The summed E-state index contributed by atoms with van der Waals surface area (Å²) in [5, 5.41) is 11.8. The van der Waals surface area contributed by atoms with E-state index in [4.69, 9.17) is 16.7 Å². The number of benzene rings is 1. The summed E-state index contributed by atoms with van der Waals surface area (Å²) in [7, 11) is 0. The van der Waals surface area contributed by atoms with Gasteiger partial charge in [-0.1, -0.05) is 24.9 Å². The van der Waals surface area contributed by atoms with Crippen molar-refractivity contribution in [3.63, 3.8) is 0 Å². The molecular weight excluding hydrogens is 280 g/mol. The molecule has 1 aromatic rings. The topological polar surface area (TPSA) is 69.6 Å². The number of halogens is 1. The molecule has 5 nitrogen and oxygen atoms in total. The molecule has 1 unspecified atom stereocenters. The molecule has 0 saturated carbocycles. The highest BCUT2D eigenvalue weighted by Gasteiger charge is 2.25. The maximum absolute atomic E-state index is 12.1. The second kappa shape index (κ2) is 6.13. The minimum atomic E-state index is -1.05. The van der Waals surface area contributed by atoms with Gasteiger partial charge in [-0.25, -0.2) is 9.59 Å². The second-order valence-electron chi connectivity index (χ2n) is 4.94. The van der Waals surface area contributed by atoms with E-state index in [1.54, 1.807) is 4.90 Å². The smallest absolute Gasteiger partial charge is 0.335 e. The van der Waals surface area contributed by atoms with Crippen LogP contribution < -0.4 is 5.32 Å². The van der Waals surface area contributed by atoms with E-state index in [0.29, 0.717) is 11.6 Å². The van der Waals surface area contributed by atoms with Crippen molar-refractivity contribution >= 4 is 29.3 Å². The van der Waals surface area contributed by atoms with Gasteiger partial charge in [0.1, 0.15) is 0 Å². The van der Waals surface area contributed by atoms with Crippen molar-refractivity contribution in [2.75, 3.05) is 18.4 Å². The summed E-state index contributed by atoms with van der Waals surface area (Å²) in [5.41, 5.74) is 0.529. The van der Waals surface area contributed by atoms with Crippen LogP contribution in [0.15, 0.2) is 18.2 Å². The number of nitrogens with zero attached hydrogens (tertiary/aromatic N) is 1. The normalized spacial score (nSPS) is 18.1. The Hall–Kier alpha value is -1.75. The van der Waals surface area contributed by atoms with Gasteiger partial charge in [-0.3, -0.25) is 0 Å². The number of carboxylic acid groups (broad SMARTS) is 1. The molecule has 2 amide bonds. The van der Waals surface area contributed by atoms with Gasteiger partial charge in [-0.2, -0.15) is 0 Å². The number of carboxylic acids is 1. The average Bonchev–Trinajstić information content (AvgIpc) is 2.89. The summed E-state index contributed by atoms with van der Waals surface area (Å²) in [6, 6.07) is 4.07. The molecule has 1 saturated heterocycles. The lowest BCUT2D eigenvalue weighted by atomic mass is 10.1. The minimum absolute atomic E-state index is 0.0974. The van der Waals surface area contributed by atoms with E-state index in [2.05, 4.69) is 12.2 Å². The highest BCUT2D eigenvalue weighted by Crippen LogP contribution is 2.25. The predicted octanol–water partition coefficient (Wildman–Crippen LogP) is 3.30. The quantitative estimate of drug-likeness (QED) is 0.899. The Morgan fingerprint density at radius 1 is 1.50 bits per heavy atom. The van der Waals surface area contributed by atoms with Crippen molar-refractivity contribution < 1.29 is 14.7 Å². The average molecular weight is 297 g/mol. The van der Waals surface area contributed by atoms with E-state index in [0.717, 1.165) is 25.9 Å². The molecule has 0 spiro atoms. The third-order valence-corrected chi connectivity index (χ3v) is 3.92. The largest absolute Gasteiger partial charge is 0.478 e. The second-order valence-corrected chi connectivity index (χ2v) is 5.35. The van der Waals surface area contributed by atoms with Crippen LogP contribution >= 0.6 is 11.6 Å². The Labute approximate surface area is 122 Å². The van der Waals surface area contributed by atoms with Crippen molar-refractivity contribution in [1.82, 2.24) is 4.90 Å². The third kappa shape index (κ3) is 3.22. The molecule has 1 heterocycles. The van der Waals surface area contributed by atoms with Crippen molar-refractivity contribution in [3.05, 3.63) is 28.8 Å². The monoisotopic (exact) mass is 296 g/mol. The first kappa shape index (κ1) is 14.7. The van der Waals surface area contributed by atoms with E-state index in [1.807, 2.05) is 0 Å². The fourth-order valence-corrected chi connectivity index (χ4v) is 2.52. The molecule has 1 fully saturated rings. The van der Waals surface area contributed by atoms with Crippen LogP contribution in [0.25, 0.3) is 0 Å². The summed E-state index contributed by atoms with van der Waals surface area (Å²) < 4.78 is 0.